The third-order valence-corrected chi connectivity index (χ3v) is 2.36. The van der Waals surface area contributed by atoms with E-state index in [4.69, 9.17) is 0 Å². The van der Waals surface area contributed by atoms with Gasteiger partial charge in [-0.3, -0.25) is 19.5 Å². The number of benzene rings is 1. The van der Waals surface area contributed by atoms with E-state index < -0.39 is 4.92 Å². The lowest BCUT2D eigenvalue weighted by Crippen LogP contribution is -2.19. The summed E-state index contributed by atoms with van der Waals surface area (Å²) in [5.74, 6) is 0. The third kappa shape index (κ3) is 1.54. The summed E-state index contributed by atoms with van der Waals surface area (Å²) in [6, 6.07) is 4.05. The number of rotatable bonds is 2. The maximum absolute atomic E-state index is 11.8. The molecule has 6 heteroatoms. The van der Waals surface area contributed by atoms with E-state index in [0.717, 1.165) is 0 Å². The largest absolute Gasteiger partial charge is 0.299 e. The van der Waals surface area contributed by atoms with Crippen LogP contribution in [0.1, 0.15) is 6.92 Å². The highest BCUT2D eigenvalue weighted by Gasteiger charge is 2.09. The van der Waals surface area contributed by atoms with Gasteiger partial charge in [0.15, 0.2) is 0 Å². The minimum absolute atomic E-state index is 0.0614. The van der Waals surface area contributed by atoms with Gasteiger partial charge in [-0.15, -0.1) is 0 Å². The van der Waals surface area contributed by atoms with Gasteiger partial charge in [0.25, 0.3) is 11.2 Å². The molecule has 0 aliphatic rings. The fourth-order valence-electron chi connectivity index (χ4n) is 1.49. The topological polar surface area (TPSA) is 78.0 Å². The second kappa shape index (κ2) is 3.73. The number of aryl methyl sites for hydroxylation is 1. The SMILES string of the molecule is CCn1cnc2cc([N+](=O)[O-])ccc2c1=O. The van der Waals surface area contributed by atoms with Crippen molar-refractivity contribution in [2.75, 3.05) is 0 Å². The van der Waals surface area contributed by atoms with Crippen LogP contribution in [0, 0.1) is 10.1 Å². The molecule has 0 unspecified atom stereocenters. The monoisotopic (exact) mass is 219 g/mol. The summed E-state index contributed by atoms with van der Waals surface area (Å²) in [6.07, 6.45) is 1.40. The van der Waals surface area contributed by atoms with E-state index in [0.29, 0.717) is 17.4 Å². The number of nitro groups is 1. The molecule has 6 nitrogen and oxygen atoms in total. The van der Waals surface area contributed by atoms with Gasteiger partial charge in [0, 0.05) is 18.7 Å². The molecule has 1 aromatic heterocycles. The Morgan fingerprint density at radius 2 is 2.25 bits per heavy atom. The van der Waals surface area contributed by atoms with E-state index in [-0.39, 0.29) is 11.2 Å². The highest BCUT2D eigenvalue weighted by Crippen LogP contribution is 2.15. The van der Waals surface area contributed by atoms with Crippen molar-refractivity contribution in [2.45, 2.75) is 13.5 Å². The van der Waals surface area contributed by atoms with Gasteiger partial charge < -0.3 is 0 Å². The van der Waals surface area contributed by atoms with Crippen molar-refractivity contribution in [2.24, 2.45) is 0 Å². The lowest BCUT2D eigenvalue weighted by atomic mass is 10.2. The zero-order valence-corrected chi connectivity index (χ0v) is 8.58. The molecule has 1 heterocycles. The first-order chi connectivity index (χ1) is 7.63. The molecule has 0 N–H and O–H groups in total. The fraction of sp³-hybridized carbons (Fsp3) is 0.200. The quantitative estimate of drug-likeness (QED) is 0.563. The Kier molecular flexibility index (Phi) is 2.40. The van der Waals surface area contributed by atoms with Crippen molar-refractivity contribution in [3.05, 3.63) is 45.0 Å². The van der Waals surface area contributed by atoms with Crippen LogP contribution in [0.25, 0.3) is 10.9 Å². The molecule has 16 heavy (non-hydrogen) atoms. The predicted molar refractivity (Wildman–Crippen MR) is 58.3 cm³/mol. The summed E-state index contributed by atoms with van der Waals surface area (Å²) < 4.78 is 1.45. The number of aromatic nitrogens is 2. The molecule has 2 rings (SSSR count). The molecule has 0 bridgehead atoms. The van der Waals surface area contributed by atoms with E-state index in [1.165, 1.54) is 29.1 Å². The molecule has 0 spiro atoms. The summed E-state index contributed by atoms with van der Waals surface area (Å²) in [4.78, 5) is 25.8. The van der Waals surface area contributed by atoms with Crippen molar-refractivity contribution in [1.82, 2.24) is 9.55 Å². The first-order valence-electron chi connectivity index (χ1n) is 4.77. The van der Waals surface area contributed by atoms with Crippen molar-refractivity contribution in [3.8, 4) is 0 Å². The lowest BCUT2D eigenvalue weighted by Gasteiger charge is -2.02. The number of nitrogens with zero attached hydrogens (tertiary/aromatic N) is 3. The maximum atomic E-state index is 11.8. The molecule has 0 amide bonds. The van der Waals surface area contributed by atoms with E-state index in [2.05, 4.69) is 4.98 Å². The van der Waals surface area contributed by atoms with Crippen molar-refractivity contribution >= 4 is 16.6 Å². The van der Waals surface area contributed by atoms with Crippen LogP contribution in [0.4, 0.5) is 5.69 Å². The van der Waals surface area contributed by atoms with E-state index in [9.17, 15) is 14.9 Å². The van der Waals surface area contributed by atoms with E-state index >= 15 is 0 Å². The smallest absolute Gasteiger partial charge is 0.271 e. The van der Waals surface area contributed by atoms with Gasteiger partial charge in [0.05, 0.1) is 22.2 Å². The zero-order valence-electron chi connectivity index (χ0n) is 8.58. The van der Waals surface area contributed by atoms with Gasteiger partial charge >= 0.3 is 0 Å². The molecule has 0 fully saturated rings. The van der Waals surface area contributed by atoms with Gasteiger partial charge in [-0.25, -0.2) is 4.98 Å². The van der Waals surface area contributed by atoms with E-state index in [1.54, 1.807) is 0 Å². The molecule has 0 saturated carbocycles. The standard InChI is InChI=1S/C10H9N3O3/c1-2-12-6-11-9-5-7(13(15)16)3-4-8(9)10(12)14/h3-6H,2H2,1H3. The van der Waals surface area contributed by atoms with Gasteiger partial charge in [-0.2, -0.15) is 0 Å². The van der Waals surface area contributed by atoms with Crippen LogP contribution in [0.15, 0.2) is 29.3 Å². The van der Waals surface area contributed by atoms with Crippen LogP contribution < -0.4 is 5.56 Å². The minimum Gasteiger partial charge on any atom is -0.299 e. The maximum Gasteiger partial charge on any atom is 0.271 e. The Labute approximate surface area is 90.3 Å². The first kappa shape index (κ1) is 10.3. The van der Waals surface area contributed by atoms with Gasteiger partial charge in [0.2, 0.25) is 0 Å². The molecule has 0 radical (unpaired) electrons. The highest BCUT2D eigenvalue weighted by atomic mass is 16.6. The van der Waals surface area contributed by atoms with Gasteiger partial charge in [0.1, 0.15) is 0 Å². The van der Waals surface area contributed by atoms with Crippen LogP contribution in [-0.4, -0.2) is 14.5 Å². The number of hydrogen-bond donors (Lipinski definition) is 0. The lowest BCUT2D eigenvalue weighted by molar-refractivity contribution is -0.384. The fourth-order valence-corrected chi connectivity index (χ4v) is 1.49. The number of nitro benzene ring substituents is 1. The van der Waals surface area contributed by atoms with Crippen molar-refractivity contribution < 1.29 is 4.92 Å². The van der Waals surface area contributed by atoms with Crippen LogP contribution in [-0.2, 0) is 6.54 Å². The minimum atomic E-state index is -0.507. The second-order valence-corrected chi connectivity index (χ2v) is 3.29. The second-order valence-electron chi connectivity index (χ2n) is 3.29. The van der Waals surface area contributed by atoms with Crippen molar-refractivity contribution in [3.63, 3.8) is 0 Å². The summed E-state index contributed by atoms with van der Waals surface area (Å²) in [5, 5.41) is 10.9. The number of hydrogen-bond acceptors (Lipinski definition) is 4. The molecule has 0 atom stereocenters. The molecule has 0 saturated heterocycles. The van der Waals surface area contributed by atoms with Crippen molar-refractivity contribution in [1.29, 1.82) is 0 Å². The summed E-state index contributed by atoms with van der Waals surface area (Å²) in [6.45, 7) is 2.36. The van der Waals surface area contributed by atoms with Crippen LogP contribution in [0.3, 0.4) is 0 Å². The molecular formula is C10H9N3O3. The summed E-state index contributed by atoms with van der Waals surface area (Å²) in [5.41, 5.74) is 0.111. The Morgan fingerprint density at radius 1 is 1.50 bits per heavy atom. The summed E-state index contributed by atoms with van der Waals surface area (Å²) in [7, 11) is 0. The molecule has 82 valence electrons. The summed E-state index contributed by atoms with van der Waals surface area (Å²) >= 11 is 0. The molecular weight excluding hydrogens is 210 g/mol. The normalized spacial score (nSPS) is 10.6. The molecule has 0 aliphatic heterocycles. The Bertz CT molecular complexity index is 618. The predicted octanol–water partition coefficient (Wildman–Crippen LogP) is 1.32. The van der Waals surface area contributed by atoms with Crippen LogP contribution >= 0.6 is 0 Å². The molecule has 1 aromatic carbocycles. The number of fused-ring (bicyclic) bond motifs is 1. The molecule has 2 aromatic rings. The van der Waals surface area contributed by atoms with E-state index in [1.807, 2.05) is 6.92 Å². The van der Waals surface area contributed by atoms with Crippen LogP contribution in [0.2, 0.25) is 0 Å². The average Bonchev–Trinajstić information content (AvgIpc) is 2.29. The molecule has 0 aliphatic carbocycles. The Hall–Kier alpha value is -2.24. The highest BCUT2D eigenvalue weighted by molar-refractivity contribution is 5.79. The first-order valence-corrected chi connectivity index (χ1v) is 4.77. The Morgan fingerprint density at radius 3 is 2.88 bits per heavy atom. The number of non-ortho nitro benzene ring substituents is 1. The zero-order chi connectivity index (χ0) is 11.7. The Balaban J connectivity index is 2.75. The van der Waals surface area contributed by atoms with Gasteiger partial charge in [-0.1, -0.05) is 0 Å². The third-order valence-electron chi connectivity index (χ3n) is 2.36. The average molecular weight is 219 g/mol. The van der Waals surface area contributed by atoms with Gasteiger partial charge in [-0.05, 0) is 13.0 Å². The van der Waals surface area contributed by atoms with Crippen LogP contribution in [0.5, 0.6) is 0 Å².